The van der Waals surface area contributed by atoms with Crippen LogP contribution in [0.4, 0.5) is 11.4 Å². The minimum absolute atomic E-state index is 1.21. The Morgan fingerprint density at radius 2 is 1.76 bits per heavy atom. The van der Waals surface area contributed by atoms with Gasteiger partial charge < -0.3 is 0 Å². The predicted octanol–water partition coefficient (Wildman–Crippen LogP) is 3.31. The average molecular weight is 301 g/mol. The van der Waals surface area contributed by atoms with E-state index in [0.29, 0.717) is 0 Å². The molecule has 0 aliphatic carbocycles. The fraction of sp³-hybridized carbons (Fsp3) is 0.143. The number of nitrogens with one attached hydrogen (secondary N) is 1. The Hall–Kier alpha value is -0.852. The molecule has 1 N–H and O–H groups in total. The molecule has 0 fully saturated rings. The Bertz CT molecular complexity index is 607. The fourth-order valence-electron chi connectivity index (χ4n) is 2.01. The van der Waals surface area contributed by atoms with Gasteiger partial charge in [-0.25, -0.2) is 0 Å². The molecule has 2 aromatic carbocycles. The molecule has 17 heavy (non-hydrogen) atoms. The second-order valence-electron chi connectivity index (χ2n) is 4.38. The summed E-state index contributed by atoms with van der Waals surface area (Å²) < 4.78 is 1.26. The zero-order valence-corrected chi connectivity index (χ0v) is 12.4. The molecule has 0 bridgehead atoms. The molecule has 0 amide bonds. The molecule has 1 nitrogen and oxygen atoms in total. The van der Waals surface area contributed by atoms with E-state index in [-0.39, 0.29) is 0 Å². The Labute approximate surface area is 115 Å². The summed E-state index contributed by atoms with van der Waals surface area (Å²) in [5, 5.41) is 3.53. The molecule has 0 unspecified atom stereocenters. The molecule has 2 aromatic rings. The fourth-order valence-corrected chi connectivity index (χ4v) is 4.19. The number of benzene rings is 2. The SMILES string of the molecule is Cc1ccc2c(c1)Sc1cc(C)cc([As])c1N2. The number of hydrogen-bond donors (Lipinski definition) is 1. The first-order chi connectivity index (χ1) is 8.13. The third-order valence-electron chi connectivity index (χ3n) is 2.84. The Morgan fingerprint density at radius 3 is 2.59 bits per heavy atom. The zero-order valence-electron chi connectivity index (χ0n) is 9.74. The second-order valence-corrected chi connectivity index (χ2v) is 6.48. The Morgan fingerprint density at radius 1 is 1.00 bits per heavy atom. The van der Waals surface area contributed by atoms with Gasteiger partial charge in [0.25, 0.3) is 0 Å². The third kappa shape index (κ3) is 2.00. The maximum absolute atomic E-state index is 3.53. The van der Waals surface area contributed by atoms with Crippen LogP contribution in [0.1, 0.15) is 11.1 Å². The first-order valence-corrected chi connectivity index (χ1v) is 7.28. The van der Waals surface area contributed by atoms with Crippen molar-refractivity contribution in [1.29, 1.82) is 0 Å². The van der Waals surface area contributed by atoms with Gasteiger partial charge in [-0.05, 0) is 0 Å². The summed E-state index contributed by atoms with van der Waals surface area (Å²) >= 11 is 4.50. The van der Waals surface area contributed by atoms with Gasteiger partial charge in [-0.15, -0.1) is 0 Å². The molecule has 2 radical (unpaired) electrons. The number of aryl methyl sites for hydroxylation is 2. The van der Waals surface area contributed by atoms with Crippen molar-refractivity contribution in [3.63, 3.8) is 0 Å². The monoisotopic (exact) mass is 301 g/mol. The first-order valence-electron chi connectivity index (χ1n) is 5.52. The van der Waals surface area contributed by atoms with Crippen LogP contribution in [-0.4, -0.2) is 16.9 Å². The van der Waals surface area contributed by atoms with Crippen molar-refractivity contribution in [2.24, 2.45) is 0 Å². The maximum atomic E-state index is 3.53. The Balaban J connectivity index is 2.14. The molecule has 1 heterocycles. The van der Waals surface area contributed by atoms with Crippen LogP contribution in [-0.2, 0) is 0 Å². The predicted molar refractivity (Wildman–Crippen MR) is 75.2 cm³/mol. The van der Waals surface area contributed by atoms with Crippen LogP contribution in [0.5, 0.6) is 0 Å². The van der Waals surface area contributed by atoms with Crippen LogP contribution in [0, 0.1) is 13.8 Å². The van der Waals surface area contributed by atoms with E-state index in [1.807, 2.05) is 11.8 Å². The van der Waals surface area contributed by atoms with E-state index in [9.17, 15) is 0 Å². The van der Waals surface area contributed by atoms with Crippen LogP contribution in [0.3, 0.4) is 0 Å². The van der Waals surface area contributed by atoms with Crippen molar-refractivity contribution >= 4 is 44.3 Å². The normalized spacial score (nSPS) is 12.6. The van der Waals surface area contributed by atoms with Gasteiger partial charge in [0.05, 0.1) is 0 Å². The van der Waals surface area contributed by atoms with E-state index < -0.39 is 0 Å². The van der Waals surface area contributed by atoms with Crippen molar-refractivity contribution in [3.8, 4) is 0 Å². The molecular weight excluding hydrogens is 289 g/mol. The van der Waals surface area contributed by atoms with Gasteiger partial charge in [0.1, 0.15) is 0 Å². The van der Waals surface area contributed by atoms with Crippen molar-refractivity contribution < 1.29 is 0 Å². The van der Waals surface area contributed by atoms with E-state index >= 15 is 0 Å². The molecule has 0 spiro atoms. The molecule has 1 aliphatic rings. The van der Waals surface area contributed by atoms with Gasteiger partial charge in [-0.3, -0.25) is 0 Å². The minimum atomic E-state index is 1.21. The molecule has 3 heteroatoms. The summed E-state index contributed by atoms with van der Waals surface area (Å²) in [6, 6.07) is 11.0. The number of anilines is 2. The van der Waals surface area contributed by atoms with Crippen LogP contribution in [0.25, 0.3) is 0 Å². The molecule has 0 saturated heterocycles. The summed E-state index contributed by atoms with van der Waals surface area (Å²) in [7, 11) is 0. The standard InChI is InChI=1S/C14H12AsNS/c1-8-3-4-11-12(6-8)17-13-7-9(2)5-10(15)14(13)16-11/h3-7,16H,1-2H3. The second kappa shape index (κ2) is 4.11. The van der Waals surface area contributed by atoms with Gasteiger partial charge in [0.2, 0.25) is 0 Å². The van der Waals surface area contributed by atoms with Crippen LogP contribution < -0.4 is 9.67 Å². The first kappa shape index (κ1) is 11.3. The molecule has 84 valence electrons. The average Bonchev–Trinajstić information content (AvgIpc) is 2.26. The molecule has 3 rings (SSSR count). The van der Waals surface area contributed by atoms with Crippen LogP contribution in [0.2, 0.25) is 0 Å². The van der Waals surface area contributed by atoms with Gasteiger partial charge in [0, 0.05) is 0 Å². The summed E-state index contributed by atoms with van der Waals surface area (Å²) in [4.78, 5) is 2.63. The van der Waals surface area contributed by atoms with Crippen molar-refractivity contribution in [3.05, 3.63) is 41.5 Å². The van der Waals surface area contributed by atoms with Crippen LogP contribution >= 0.6 is 11.8 Å². The third-order valence-corrected chi connectivity index (χ3v) is 4.68. The summed E-state index contributed by atoms with van der Waals surface area (Å²) in [5.41, 5.74) is 5.06. The molecule has 0 aromatic heterocycles. The quantitative estimate of drug-likeness (QED) is 0.639. The van der Waals surface area contributed by atoms with Gasteiger partial charge in [-0.1, -0.05) is 0 Å². The van der Waals surface area contributed by atoms with E-state index in [1.165, 1.54) is 36.6 Å². The van der Waals surface area contributed by atoms with E-state index in [4.69, 9.17) is 0 Å². The van der Waals surface area contributed by atoms with E-state index in [0.717, 1.165) is 0 Å². The topological polar surface area (TPSA) is 12.0 Å². The molecular formula is C14H12AsNS. The van der Waals surface area contributed by atoms with Crippen molar-refractivity contribution in [2.75, 3.05) is 5.32 Å². The molecule has 0 atom stereocenters. The molecule has 1 aliphatic heterocycles. The number of hydrogen-bond acceptors (Lipinski definition) is 2. The summed E-state index contributed by atoms with van der Waals surface area (Å²) in [6.07, 6.45) is 0. The van der Waals surface area contributed by atoms with Gasteiger partial charge in [0.15, 0.2) is 0 Å². The van der Waals surface area contributed by atoms with E-state index in [1.54, 1.807) is 0 Å². The van der Waals surface area contributed by atoms with Crippen molar-refractivity contribution in [2.45, 2.75) is 23.6 Å². The summed E-state index contributed by atoms with van der Waals surface area (Å²) in [5.74, 6) is 0. The molecule has 0 saturated carbocycles. The Kier molecular flexibility index (Phi) is 2.72. The van der Waals surface area contributed by atoms with Gasteiger partial charge >= 0.3 is 115 Å². The zero-order chi connectivity index (χ0) is 12.0. The number of fused-ring (bicyclic) bond motifs is 2. The number of rotatable bonds is 0. The van der Waals surface area contributed by atoms with E-state index in [2.05, 4.69) is 66.3 Å². The van der Waals surface area contributed by atoms with Crippen molar-refractivity contribution in [1.82, 2.24) is 0 Å². The summed E-state index contributed by atoms with van der Waals surface area (Å²) in [6.45, 7) is 4.28. The van der Waals surface area contributed by atoms with Crippen LogP contribution in [0.15, 0.2) is 40.1 Å². The van der Waals surface area contributed by atoms with Gasteiger partial charge in [-0.2, -0.15) is 0 Å².